The molecule has 34 heavy (non-hydrogen) atoms. The van der Waals surface area contributed by atoms with E-state index in [1.165, 1.54) is 26.1 Å². The van der Waals surface area contributed by atoms with Crippen LogP contribution in [0.1, 0.15) is 41.5 Å². The topological polar surface area (TPSA) is 123 Å². The van der Waals surface area contributed by atoms with Gasteiger partial charge in [0.1, 0.15) is 11.5 Å². The summed E-state index contributed by atoms with van der Waals surface area (Å²) < 4.78 is 27.4. The maximum absolute atomic E-state index is 13.7. The molecular formula is C24H32F2N4O4. The number of halogens is 2. The van der Waals surface area contributed by atoms with Crippen LogP contribution in [0.5, 0.6) is 0 Å². The van der Waals surface area contributed by atoms with Crippen molar-refractivity contribution < 1.29 is 28.6 Å². The molecule has 8 nitrogen and oxygen atoms in total. The predicted octanol–water partition coefficient (Wildman–Crippen LogP) is 4.58. The summed E-state index contributed by atoms with van der Waals surface area (Å²) in [4.78, 5) is 32.6. The van der Waals surface area contributed by atoms with Crippen LogP contribution in [0, 0.1) is 0 Å². The molecule has 0 saturated carbocycles. The van der Waals surface area contributed by atoms with Crippen LogP contribution in [0.25, 0.3) is 0 Å². The monoisotopic (exact) mass is 478 g/mol. The number of hydrogen-bond acceptors (Lipinski definition) is 6. The van der Waals surface area contributed by atoms with Gasteiger partial charge in [-0.25, -0.2) is 13.8 Å². The molecule has 0 spiro atoms. The Morgan fingerprint density at radius 2 is 1.68 bits per heavy atom. The van der Waals surface area contributed by atoms with E-state index in [0.717, 1.165) is 18.4 Å². The largest absolute Gasteiger partial charge is 0.507 e. The smallest absolute Gasteiger partial charge is 0.274 e. The number of aliphatic imine (C=N–C) groups is 2. The number of alkyl halides is 2. The minimum absolute atomic E-state index is 0.0711. The second-order valence-corrected chi connectivity index (χ2v) is 7.28. The molecule has 0 bridgehead atoms. The highest BCUT2D eigenvalue weighted by Gasteiger charge is 2.29. The summed E-state index contributed by atoms with van der Waals surface area (Å²) in [6, 6.07) is -0.567. The molecule has 0 heterocycles. The lowest BCUT2D eigenvalue weighted by molar-refractivity contribution is -0.117. The number of aliphatic hydroxyl groups excluding tert-OH is 2. The first-order valence-electron chi connectivity index (χ1n) is 10.2. The Bertz CT molecular complexity index is 997. The van der Waals surface area contributed by atoms with Gasteiger partial charge in [-0.3, -0.25) is 14.6 Å². The van der Waals surface area contributed by atoms with Gasteiger partial charge in [-0.1, -0.05) is 13.2 Å². The molecule has 0 aliphatic heterocycles. The number of carbonyl (C=O) groups is 2. The molecule has 0 aromatic carbocycles. The molecular weight excluding hydrogens is 446 g/mol. The number of amides is 2. The van der Waals surface area contributed by atoms with Gasteiger partial charge in [-0.2, -0.15) is 0 Å². The van der Waals surface area contributed by atoms with Crippen LogP contribution >= 0.6 is 0 Å². The van der Waals surface area contributed by atoms with E-state index in [2.05, 4.69) is 33.8 Å². The van der Waals surface area contributed by atoms with E-state index >= 15 is 0 Å². The lowest BCUT2D eigenvalue weighted by Gasteiger charge is -2.15. The van der Waals surface area contributed by atoms with Gasteiger partial charge in [0.15, 0.2) is 5.71 Å². The van der Waals surface area contributed by atoms with E-state index in [0.29, 0.717) is 12.6 Å². The Kier molecular flexibility index (Phi) is 12.1. The summed E-state index contributed by atoms with van der Waals surface area (Å²) in [5.74, 6) is -5.60. The quantitative estimate of drug-likeness (QED) is 0.150. The van der Waals surface area contributed by atoms with Gasteiger partial charge < -0.3 is 20.8 Å². The molecule has 0 fully saturated rings. The minimum Gasteiger partial charge on any atom is -0.507 e. The normalized spacial score (nSPS) is 15.8. The highest BCUT2D eigenvalue weighted by Crippen LogP contribution is 2.27. The Hall–Kier alpha value is -3.82. The van der Waals surface area contributed by atoms with Crippen LogP contribution in [-0.4, -0.2) is 45.4 Å². The number of nitrogens with one attached hydrogen (secondary N) is 2. The van der Waals surface area contributed by atoms with Crippen molar-refractivity contribution in [3.05, 3.63) is 72.1 Å². The molecule has 2 amide bonds. The first-order chi connectivity index (χ1) is 15.7. The molecule has 4 N–H and O–H groups in total. The first-order valence-corrected chi connectivity index (χ1v) is 10.2. The van der Waals surface area contributed by atoms with E-state index in [1.807, 2.05) is 0 Å². The van der Waals surface area contributed by atoms with Crippen LogP contribution in [0.2, 0.25) is 0 Å². The van der Waals surface area contributed by atoms with Crippen LogP contribution in [0.3, 0.4) is 0 Å². The summed E-state index contributed by atoms with van der Waals surface area (Å²) in [5.41, 5.74) is -0.227. The second kappa shape index (κ2) is 13.7. The van der Waals surface area contributed by atoms with Crippen LogP contribution in [0.4, 0.5) is 8.78 Å². The number of nitrogens with zero attached hydrogens (tertiary/aromatic N) is 2. The predicted molar refractivity (Wildman–Crippen MR) is 131 cm³/mol. The van der Waals surface area contributed by atoms with E-state index in [4.69, 9.17) is 0 Å². The Morgan fingerprint density at radius 3 is 2.15 bits per heavy atom. The first kappa shape index (κ1) is 30.2. The van der Waals surface area contributed by atoms with Gasteiger partial charge in [0.25, 0.3) is 17.7 Å². The summed E-state index contributed by atoms with van der Waals surface area (Å²) in [6.45, 7) is 14.9. The van der Waals surface area contributed by atoms with Crippen LogP contribution < -0.4 is 10.6 Å². The lowest BCUT2D eigenvalue weighted by atomic mass is 10.1. The van der Waals surface area contributed by atoms with Gasteiger partial charge in [0.05, 0.1) is 11.6 Å². The Labute approximate surface area is 198 Å². The van der Waals surface area contributed by atoms with Crippen LogP contribution in [-0.2, 0) is 9.59 Å². The van der Waals surface area contributed by atoms with Crippen molar-refractivity contribution in [3.8, 4) is 0 Å². The van der Waals surface area contributed by atoms with Crippen molar-refractivity contribution in [2.75, 3.05) is 0 Å². The summed E-state index contributed by atoms with van der Waals surface area (Å²) in [7, 11) is 0. The van der Waals surface area contributed by atoms with Crippen LogP contribution in [0.15, 0.2) is 82.1 Å². The zero-order valence-corrected chi connectivity index (χ0v) is 20.2. The Balaban J connectivity index is 5.48. The van der Waals surface area contributed by atoms with E-state index in [9.17, 15) is 28.6 Å². The third-order valence-corrected chi connectivity index (χ3v) is 4.36. The number of carbonyl (C=O) groups excluding carboxylic acids is 2. The molecule has 1 unspecified atom stereocenters. The van der Waals surface area contributed by atoms with Crippen molar-refractivity contribution in [1.82, 2.24) is 10.6 Å². The number of aliphatic hydroxyl groups is 2. The maximum atomic E-state index is 13.7. The Morgan fingerprint density at radius 1 is 1.09 bits per heavy atom. The molecule has 0 saturated heterocycles. The SMILES string of the molecule is C=C/N=C(C(=O)NC(C)/C(C)=N/C=C(\C)C(=O)N/C(C)=C/C(=C(/O)C=C)C(C)(F)F)\C(O)=C/C. The van der Waals surface area contributed by atoms with Crippen molar-refractivity contribution in [2.24, 2.45) is 9.98 Å². The van der Waals surface area contributed by atoms with Crippen molar-refractivity contribution >= 4 is 23.2 Å². The maximum Gasteiger partial charge on any atom is 0.274 e. The molecule has 186 valence electrons. The molecule has 0 aromatic heterocycles. The van der Waals surface area contributed by atoms with Crippen molar-refractivity contribution in [1.29, 1.82) is 0 Å². The molecule has 1 atom stereocenters. The van der Waals surface area contributed by atoms with Crippen molar-refractivity contribution in [2.45, 2.75) is 53.5 Å². The van der Waals surface area contributed by atoms with Gasteiger partial charge in [-0.15, -0.1) is 0 Å². The average molecular weight is 479 g/mol. The highest BCUT2D eigenvalue weighted by atomic mass is 19.3. The van der Waals surface area contributed by atoms with Gasteiger partial charge in [-0.05, 0) is 52.8 Å². The molecule has 10 heteroatoms. The van der Waals surface area contributed by atoms with Crippen molar-refractivity contribution in [3.63, 3.8) is 0 Å². The molecule has 0 aromatic rings. The fourth-order valence-corrected chi connectivity index (χ4v) is 2.27. The fraction of sp³-hybridized carbons (Fsp3) is 0.333. The van der Waals surface area contributed by atoms with E-state index in [1.54, 1.807) is 20.8 Å². The number of hydrogen-bond donors (Lipinski definition) is 4. The standard InChI is InChI=1S/C24H32F2N4O4/c1-9-19(31)18(24(8,25)26)12-15(5)29-22(33)14(4)13-28-16(6)17(7)30-23(34)21(27-11-3)20(32)10-2/h9-13,17,31-32H,1,3H2,2,4-8H3,(H,29,33)(H,30,34)/b14-13+,15-12+,19-18-,20-10+,27-21+,28-16+. The van der Waals surface area contributed by atoms with Gasteiger partial charge >= 0.3 is 0 Å². The van der Waals surface area contributed by atoms with Gasteiger partial charge in [0, 0.05) is 36.3 Å². The zero-order chi connectivity index (χ0) is 26.6. The molecule has 0 aliphatic rings. The lowest BCUT2D eigenvalue weighted by Crippen LogP contribution is -2.41. The van der Waals surface area contributed by atoms with E-state index < -0.39 is 35.1 Å². The average Bonchev–Trinajstić information content (AvgIpc) is 2.76. The zero-order valence-electron chi connectivity index (χ0n) is 20.2. The molecule has 0 aliphatic carbocycles. The number of allylic oxidation sites excluding steroid dienone is 5. The minimum atomic E-state index is -3.35. The fourth-order valence-electron chi connectivity index (χ4n) is 2.27. The summed E-state index contributed by atoms with van der Waals surface area (Å²) in [6.07, 6.45) is 5.54. The molecule has 0 rings (SSSR count). The molecule has 0 radical (unpaired) electrons. The number of rotatable bonds is 11. The second-order valence-electron chi connectivity index (χ2n) is 7.28. The van der Waals surface area contributed by atoms with E-state index in [-0.39, 0.29) is 22.7 Å². The van der Waals surface area contributed by atoms with Gasteiger partial charge in [0.2, 0.25) is 0 Å². The summed E-state index contributed by atoms with van der Waals surface area (Å²) >= 11 is 0. The highest BCUT2D eigenvalue weighted by molar-refractivity contribution is 6.45. The summed E-state index contributed by atoms with van der Waals surface area (Å²) in [5, 5.41) is 24.5. The third kappa shape index (κ3) is 9.76. The third-order valence-electron chi connectivity index (χ3n) is 4.36.